The molecule has 2 amide bonds. The highest BCUT2D eigenvalue weighted by molar-refractivity contribution is 5.93. The first kappa shape index (κ1) is 15.0. The fraction of sp³-hybridized carbons (Fsp3) is 0.385. The van der Waals surface area contributed by atoms with E-state index in [0.29, 0.717) is 5.69 Å². The van der Waals surface area contributed by atoms with Crippen molar-refractivity contribution in [3.8, 4) is 0 Å². The molecular weight excluding hydrogens is 248 g/mol. The Morgan fingerprint density at radius 1 is 1.42 bits per heavy atom. The number of hydrogen-bond donors (Lipinski definition) is 3. The normalized spacial score (nSPS) is 11.8. The van der Waals surface area contributed by atoms with Crippen LogP contribution in [0.3, 0.4) is 0 Å². The second kappa shape index (κ2) is 6.19. The molecule has 0 aromatic heterocycles. The summed E-state index contributed by atoms with van der Waals surface area (Å²) in [5, 5.41) is 20.7. The molecule has 0 heterocycles. The molecule has 0 fully saturated rings. The maximum absolute atomic E-state index is 11.8. The van der Waals surface area contributed by atoms with Crippen LogP contribution in [-0.4, -0.2) is 46.8 Å². The van der Waals surface area contributed by atoms with Gasteiger partial charge in [0.05, 0.1) is 11.7 Å². The largest absolute Gasteiger partial charge is 0.478 e. The number of rotatable bonds is 4. The number of urea groups is 1. The van der Waals surface area contributed by atoms with Crippen LogP contribution in [-0.2, 0) is 0 Å². The van der Waals surface area contributed by atoms with E-state index in [1.54, 1.807) is 27.0 Å². The standard InChI is InChI=1S/C13H18N2O4/c1-8-4-5-10(12(17)18)6-11(8)14-13(19)15(3)7-9(2)16/h4-6,9,16H,7H2,1-3H3,(H,14,19)(H,17,18). The molecular formula is C13H18N2O4. The summed E-state index contributed by atoms with van der Waals surface area (Å²) in [4.78, 5) is 24.0. The predicted molar refractivity (Wildman–Crippen MR) is 71.5 cm³/mol. The van der Waals surface area contributed by atoms with Crippen LogP contribution in [0.1, 0.15) is 22.8 Å². The van der Waals surface area contributed by atoms with Crippen molar-refractivity contribution < 1.29 is 19.8 Å². The number of carboxylic acids is 1. The van der Waals surface area contributed by atoms with Crippen molar-refractivity contribution in [2.75, 3.05) is 18.9 Å². The number of carbonyl (C=O) groups excluding carboxylic acids is 1. The Morgan fingerprint density at radius 3 is 2.58 bits per heavy atom. The van der Waals surface area contributed by atoms with E-state index in [1.807, 2.05) is 0 Å². The van der Waals surface area contributed by atoms with Gasteiger partial charge in [0.15, 0.2) is 0 Å². The molecule has 1 atom stereocenters. The first-order chi connectivity index (χ1) is 8.81. The smallest absolute Gasteiger partial charge is 0.335 e. The number of hydrogen-bond acceptors (Lipinski definition) is 3. The number of aryl methyl sites for hydroxylation is 1. The molecule has 0 saturated carbocycles. The third-order valence-corrected chi connectivity index (χ3v) is 2.61. The minimum absolute atomic E-state index is 0.110. The van der Waals surface area contributed by atoms with Crippen LogP contribution in [0.15, 0.2) is 18.2 Å². The third-order valence-electron chi connectivity index (χ3n) is 2.61. The first-order valence-corrected chi connectivity index (χ1v) is 5.85. The second-order valence-corrected chi connectivity index (χ2v) is 4.49. The summed E-state index contributed by atoms with van der Waals surface area (Å²) < 4.78 is 0. The SMILES string of the molecule is Cc1ccc(C(=O)O)cc1NC(=O)N(C)CC(C)O. The molecule has 19 heavy (non-hydrogen) atoms. The summed E-state index contributed by atoms with van der Waals surface area (Å²) in [6.45, 7) is 3.56. The monoisotopic (exact) mass is 266 g/mol. The zero-order valence-electron chi connectivity index (χ0n) is 11.2. The molecule has 1 aromatic rings. The van der Waals surface area contributed by atoms with Gasteiger partial charge in [-0.25, -0.2) is 9.59 Å². The van der Waals surface area contributed by atoms with Crippen LogP contribution in [0.2, 0.25) is 0 Å². The average Bonchev–Trinajstić information content (AvgIpc) is 2.30. The van der Waals surface area contributed by atoms with Crippen molar-refractivity contribution in [2.45, 2.75) is 20.0 Å². The Morgan fingerprint density at radius 2 is 2.05 bits per heavy atom. The maximum Gasteiger partial charge on any atom is 0.335 e. The van der Waals surface area contributed by atoms with Gasteiger partial charge < -0.3 is 20.4 Å². The summed E-state index contributed by atoms with van der Waals surface area (Å²) >= 11 is 0. The van der Waals surface area contributed by atoms with Crippen LogP contribution in [0.5, 0.6) is 0 Å². The highest BCUT2D eigenvalue weighted by Crippen LogP contribution is 2.17. The Kier molecular flexibility index (Phi) is 4.88. The molecule has 0 bridgehead atoms. The van der Waals surface area contributed by atoms with Gasteiger partial charge in [0, 0.05) is 19.3 Å². The molecule has 1 rings (SSSR count). The lowest BCUT2D eigenvalue weighted by atomic mass is 10.1. The van der Waals surface area contributed by atoms with Crippen LogP contribution >= 0.6 is 0 Å². The number of anilines is 1. The van der Waals surface area contributed by atoms with E-state index < -0.39 is 18.1 Å². The summed E-state index contributed by atoms with van der Waals surface area (Å²) in [6.07, 6.45) is -0.623. The van der Waals surface area contributed by atoms with Gasteiger partial charge in [-0.1, -0.05) is 6.07 Å². The Bertz CT molecular complexity index is 486. The number of carboxylic acid groups (broad SMARTS) is 1. The van der Waals surface area contributed by atoms with E-state index in [4.69, 9.17) is 5.11 Å². The van der Waals surface area contributed by atoms with Crippen LogP contribution in [0.4, 0.5) is 10.5 Å². The topological polar surface area (TPSA) is 89.9 Å². The van der Waals surface area contributed by atoms with Crippen molar-refractivity contribution in [3.63, 3.8) is 0 Å². The molecule has 0 aliphatic carbocycles. The minimum Gasteiger partial charge on any atom is -0.478 e. The van der Waals surface area contributed by atoms with E-state index in [9.17, 15) is 14.7 Å². The number of benzene rings is 1. The molecule has 0 spiro atoms. The van der Waals surface area contributed by atoms with Gasteiger partial charge in [-0.05, 0) is 31.5 Å². The molecule has 6 nitrogen and oxygen atoms in total. The molecule has 3 N–H and O–H groups in total. The van der Waals surface area contributed by atoms with Gasteiger partial charge in [-0.3, -0.25) is 0 Å². The maximum atomic E-state index is 11.8. The number of carbonyl (C=O) groups is 2. The van der Waals surface area contributed by atoms with Gasteiger partial charge in [0.25, 0.3) is 0 Å². The van der Waals surface area contributed by atoms with Gasteiger partial charge in [0.2, 0.25) is 0 Å². The quantitative estimate of drug-likeness (QED) is 0.771. The molecule has 0 aliphatic heterocycles. The lowest BCUT2D eigenvalue weighted by Crippen LogP contribution is -2.36. The molecule has 1 aromatic carbocycles. The molecule has 104 valence electrons. The van der Waals surface area contributed by atoms with E-state index in [1.165, 1.54) is 17.0 Å². The molecule has 0 saturated heterocycles. The number of nitrogens with one attached hydrogen (secondary N) is 1. The van der Waals surface area contributed by atoms with E-state index in [0.717, 1.165) is 5.56 Å². The first-order valence-electron chi connectivity index (χ1n) is 5.85. The van der Waals surface area contributed by atoms with Crippen LogP contribution < -0.4 is 5.32 Å². The number of amides is 2. The average molecular weight is 266 g/mol. The number of aliphatic hydroxyl groups excluding tert-OH is 1. The molecule has 1 unspecified atom stereocenters. The van der Waals surface area contributed by atoms with Gasteiger partial charge in [-0.2, -0.15) is 0 Å². The van der Waals surface area contributed by atoms with Gasteiger partial charge in [0.1, 0.15) is 0 Å². The van der Waals surface area contributed by atoms with Crippen molar-refractivity contribution >= 4 is 17.7 Å². The summed E-state index contributed by atoms with van der Waals surface area (Å²) in [7, 11) is 1.55. The Balaban J connectivity index is 2.84. The van der Waals surface area contributed by atoms with Crippen molar-refractivity contribution in [1.29, 1.82) is 0 Å². The zero-order chi connectivity index (χ0) is 14.6. The van der Waals surface area contributed by atoms with E-state index in [2.05, 4.69) is 5.32 Å². The second-order valence-electron chi connectivity index (χ2n) is 4.49. The van der Waals surface area contributed by atoms with Crippen molar-refractivity contribution in [2.24, 2.45) is 0 Å². The zero-order valence-corrected chi connectivity index (χ0v) is 11.2. The fourth-order valence-electron chi connectivity index (χ4n) is 1.58. The van der Waals surface area contributed by atoms with Gasteiger partial charge >= 0.3 is 12.0 Å². The third kappa shape index (κ3) is 4.26. The molecule has 0 radical (unpaired) electrons. The fourth-order valence-corrected chi connectivity index (χ4v) is 1.58. The highest BCUT2D eigenvalue weighted by atomic mass is 16.4. The van der Waals surface area contributed by atoms with E-state index >= 15 is 0 Å². The van der Waals surface area contributed by atoms with Crippen molar-refractivity contribution in [1.82, 2.24) is 4.90 Å². The highest BCUT2D eigenvalue weighted by Gasteiger charge is 2.13. The van der Waals surface area contributed by atoms with E-state index in [-0.39, 0.29) is 12.1 Å². The Labute approximate surface area is 111 Å². The Hall–Kier alpha value is -2.08. The minimum atomic E-state index is -1.05. The molecule has 0 aliphatic rings. The summed E-state index contributed by atoms with van der Waals surface area (Å²) in [5.74, 6) is -1.05. The lowest BCUT2D eigenvalue weighted by molar-refractivity contribution is 0.0697. The number of aromatic carboxylic acids is 1. The number of aliphatic hydroxyl groups is 1. The summed E-state index contributed by atoms with van der Waals surface area (Å²) in [6, 6.07) is 4.12. The number of nitrogens with zero attached hydrogens (tertiary/aromatic N) is 1. The van der Waals surface area contributed by atoms with Crippen LogP contribution in [0.25, 0.3) is 0 Å². The summed E-state index contributed by atoms with van der Waals surface area (Å²) in [5.41, 5.74) is 1.32. The van der Waals surface area contributed by atoms with Gasteiger partial charge in [-0.15, -0.1) is 0 Å². The lowest BCUT2D eigenvalue weighted by Gasteiger charge is -2.20. The molecule has 6 heteroatoms. The van der Waals surface area contributed by atoms with Crippen LogP contribution in [0, 0.1) is 6.92 Å². The predicted octanol–water partition coefficient (Wildman–Crippen LogP) is 1.54. The number of likely N-dealkylation sites (N-methyl/N-ethyl adjacent to an activating group) is 1. The van der Waals surface area contributed by atoms with Crippen molar-refractivity contribution in [3.05, 3.63) is 29.3 Å².